The normalized spacial score (nSPS) is 10.9. The number of carbonyl (C=O) groups excluding carboxylic acids is 1. The fourth-order valence-electron chi connectivity index (χ4n) is 3.42. The zero-order chi connectivity index (χ0) is 21.9. The molecule has 0 aliphatic heterocycles. The quantitative estimate of drug-likeness (QED) is 0.401. The molecule has 0 aliphatic rings. The fraction of sp³-hybridized carbons (Fsp3) is 0.0833. The van der Waals surface area contributed by atoms with Crippen molar-refractivity contribution in [1.29, 1.82) is 0 Å². The molecule has 0 saturated heterocycles. The maximum absolute atomic E-state index is 12.9. The summed E-state index contributed by atoms with van der Waals surface area (Å²) < 4.78 is 11.8. The molecular weight excluding hydrogens is 422 g/mol. The Labute approximate surface area is 188 Å². The van der Waals surface area contributed by atoms with Gasteiger partial charge in [-0.1, -0.05) is 34.8 Å². The number of carbonyl (C=O) groups is 1. The van der Waals surface area contributed by atoms with Crippen LogP contribution in [0.4, 0.5) is 5.69 Å². The second-order valence-electron chi connectivity index (χ2n) is 7.26. The SMILES string of the molecule is Cc1cccn2cc(COc3ccccc3C(=O)Nc3ccc(-c4csnn4)cc3)nc12. The summed E-state index contributed by atoms with van der Waals surface area (Å²) in [6, 6.07) is 18.7. The van der Waals surface area contributed by atoms with Crippen molar-refractivity contribution >= 4 is 28.8 Å². The molecule has 7 nitrogen and oxygen atoms in total. The molecule has 0 unspecified atom stereocenters. The van der Waals surface area contributed by atoms with Crippen LogP contribution < -0.4 is 10.1 Å². The molecule has 1 N–H and O–H groups in total. The number of imidazole rings is 1. The van der Waals surface area contributed by atoms with Crippen molar-refractivity contribution in [2.45, 2.75) is 13.5 Å². The number of pyridine rings is 1. The molecule has 0 aliphatic carbocycles. The summed E-state index contributed by atoms with van der Waals surface area (Å²) in [4.78, 5) is 17.5. The minimum atomic E-state index is -0.241. The lowest BCUT2D eigenvalue weighted by Gasteiger charge is -2.11. The van der Waals surface area contributed by atoms with Gasteiger partial charge in [0, 0.05) is 29.0 Å². The Bertz CT molecular complexity index is 1380. The van der Waals surface area contributed by atoms with Gasteiger partial charge in [0.15, 0.2) is 0 Å². The van der Waals surface area contributed by atoms with E-state index in [4.69, 9.17) is 4.74 Å². The molecule has 8 heteroatoms. The number of ether oxygens (including phenoxy) is 1. The monoisotopic (exact) mass is 441 g/mol. The van der Waals surface area contributed by atoms with E-state index in [1.54, 1.807) is 12.1 Å². The topological polar surface area (TPSA) is 81.4 Å². The molecule has 3 heterocycles. The summed E-state index contributed by atoms with van der Waals surface area (Å²) in [5, 5.41) is 8.87. The molecule has 0 spiro atoms. The zero-order valence-electron chi connectivity index (χ0n) is 17.2. The van der Waals surface area contributed by atoms with Crippen molar-refractivity contribution in [1.82, 2.24) is 19.0 Å². The molecule has 2 aromatic carbocycles. The predicted molar refractivity (Wildman–Crippen MR) is 124 cm³/mol. The number of nitrogens with one attached hydrogen (secondary N) is 1. The first-order chi connectivity index (χ1) is 15.7. The van der Waals surface area contributed by atoms with Crippen LogP contribution in [0.3, 0.4) is 0 Å². The second-order valence-corrected chi connectivity index (χ2v) is 7.87. The molecule has 0 atom stereocenters. The van der Waals surface area contributed by atoms with Gasteiger partial charge < -0.3 is 14.5 Å². The summed E-state index contributed by atoms with van der Waals surface area (Å²) >= 11 is 1.30. The number of hydrogen-bond donors (Lipinski definition) is 1. The number of fused-ring (bicyclic) bond motifs is 1. The van der Waals surface area contributed by atoms with Crippen LogP contribution in [0.5, 0.6) is 5.75 Å². The minimum absolute atomic E-state index is 0.241. The third kappa shape index (κ3) is 4.08. The second kappa shape index (κ2) is 8.60. The van der Waals surface area contributed by atoms with Gasteiger partial charge in [0.05, 0.1) is 11.3 Å². The molecule has 5 rings (SSSR count). The first kappa shape index (κ1) is 19.9. The van der Waals surface area contributed by atoms with Gasteiger partial charge in [-0.25, -0.2) is 4.98 Å². The van der Waals surface area contributed by atoms with Crippen LogP contribution in [-0.2, 0) is 6.61 Å². The van der Waals surface area contributed by atoms with Gasteiger partial charge in [-0.3, -0.25) is 4.79 Å². The first-order valence-electron chi connectivity index (χ1n) is 10.0. The highest BCUT2D eigenvalue weighted by molar-refractivity contribution is 7.03. The van der Waals surface area contributed by atoms with Crippen molar-refractivity contribution in [3.05, 3.63) is 95.3 Å². The number of amides is 1. The lowest BCUT2D eigenvalue weighted by atomic mass is 10.1. The number of aromatic nitrogens is 4. The number of para-hydroxylation sites is 1. The number of benzene rings is 2. The highest BCUT2D eigenvalue weighted by atomic mass is 32.1. The summed E-state index contributed by atoms with van der Waals surface area (Å²) in [6.07, 6.45) is 3.89. The van der Waals surface area contributed by atoms with E-state index in [0.29, 0.717) is 17.0 Å². The molecular formula is C24H19N5O2S. The number of nitrogens with zero attached hydrogens (tertiary/aromatic N) is 4. The van der Waals surface area contributed by atoms with Gasteiger partial charge in [-0.05, 0) is 54.4 Å². The Morgan fingerprint density at radius 3 is 2.72 bits per heavy atom. The largest absolute Gasteiger partial charge is 0.486 e. The van der Waals surface area contributed by atoms with Gasteiger partial charge in [0.2, 0.25) is 0 Å². The van der Waals surface area contributed by atoms with E-state index < -0.39 is 0 Å². The van der Waals surface area contributed by atoms with Crippen LogP contribution in [0.2, 0.25) is 0 Å². The number of hydrogen-bond acceptors (Lipinski definition) is 6. The molecule has 0 radical (unpaired) electrons. The van der Waals surface area contributed by atoms with Gasteiger partial charge in [0.25, 0.3) is 5.91 Å². The molecule has 0 fully saturated rings. The van der Waals surface area contributed by atoms with E-state index in [1.165, 1.54) is 11.5 Å². The Hall–Kier alpha value is -4.04. The van der Waals surface area contributed by atoms with Crippen molar-refractivity contribution in [2.24, 2.45) is 0 Å². The van der Waals surface area contributed by atoms with Crippen LogP contribution in [-0.4, -0.2) is 24.9 Å². The Kier molecular flexibility index (Phi) is 5.35. The molecule has 32 heavy (non-hydrogen) atoms. The van der Waals surface area contributed by atoms with Crippen molar-refractivity contribution in [3.8, 4) is 17.0 Å². The molecule has 158 valence electrons. The fourth-order valence-corrected chi connectivity index (χ4v) is 3.88. The maximum atomic E-state index is 12.9. The first-order valence-corrected chi connectivity index (χ1v) is 10.8. The van der Waals surface area contributed by atoms with Crippen LogP contribution >= 0.6 is 11.5 Å². The van der Waals surface area contributed by atoms with Crippen LogP contribution in [0.1, 0.15) is 21.6 Å². The van der Waals surface area contributed by atoms with Crippen LogP contribution in [0.15, 0.2) is 78.4 Å². The highest BCUT2D eigenvalue weighted by Crippen LogP contribution is 2.23. The standard InChI is InChI=1S/C24H19N5O2S/c1-16-5-4-12-29-13-19(25-23(16)29)14-31-22-7-3-2-6-20(22)24(30)26-18-10-8-17(9-11-18)21-15-32-28-27-21/h2-13,15H,14H2,1H3,(H,26,30). The van der Waals surface area contributed by atoms with E-state index in [9.17, 15) is 4.79 Å². The molecule has 0 bridgehead atoms. The third-order valence-electron chi connectivity index (χ3n) is 5.03. The predicted octanol–water partition coefficient (Wildman–Crippen LogP) is 4.99. The average molecular weight is 442 g/mol. The van der Waals surface area contributed by atoms with E-state index in [1.807, 2.05) is 77.6 Å². The van der Waals surface area contributed by atoms with Crippen molar-refractivity contribution in [3.63, 3.8) is 0 Å². The molecule has 0 saturated carbocycles. The highest BCUT2D eigenvalue weighted by Gasteiger charge is 2.14. The summed E-state index contributed by atoms with van der Waals surface area (Å²) in [6.45, 7) is 2.29. The number of rotatable bonds is 6. The Morgan fingerprint density at radius 2 is 1.94 bits per heavy atom. The minimum Gasteiger partial charge on any atom is -0.486 e. The lowest BCUT2D eigenvalue weighted by Crippen LogP contribution is -2.13. The van der Waals surface area contributed by atoms with E-state index in [2.05, 4.69) is 19.9 Å². The Morgan fingerprint density at radius 1 is 1.09 bits per heavy atom. The number of anilines is 1. The maximum Gasteiger partial charge on any atom is 0.259 e. The molecule has 5 aromatic rings. The van der Waals surface area contributed by atoms with Crippen molar-refractivity contribution < 1.29 is 9.53 Å². The third-order valence-corrected chi connectivity index (χ3v) is 5.54. The van der Waals surface area contributed by atoms with Crippen LogP contribution in [0, 0.1) is 6.92 Å². The zero-order valence-corrected chi connectivity index (χ0v) is 18.0. The van der Waals surface area contributed by atoms with Gasteiger partial charge in [-0.2, -0.15) is 0 Å². The van der Waals surface area contributed by atoms with Crippen molar-refractivity contribution in [2.75, 3.05) is 5.32 Å². The van der Waals surface area contributed by atoms with Gasteiger partial charge >= 0.3 is 0 Å². The summed E-state index contributed by atoms with van der Waals surface area (Å²) in [5.41, 5.74) is 5.69. The average Bonchev–Trinajstić information content (AvgIpc) is 3.49. The van der Waals surface area contributed by atoms with Gasteiger partial charge in [-0.15, -0.1) is 5.10 Å². The smallest absolute Gasteiger partial charge is 0.259 e. The van der Waals surface area contributed by atoms with E-state index in [0.717, 1.165) is 28.2 Å². The molecule has 1 amide bonds. The number of aryl methyl sites for hydroxylation is 1. The van der Waals surface area contributed by atoms with Gasteiger partial charge in [0.1, 0.15) is 23.7 Å². The Balaban J connectivity index is 1.30. The van der Waals surface area contributed by atoms with E-state index in [-0.39, 0.29) is 12.5 Å². The molecule has 3 aromatic heterocycles. The van der Waals surface area contributed by atoms with Crippen LogP contribution in [0.25, 0.3) is 16.9 Å². The summed E-state index contributed by atoms with van der Waals surface area (Å²) in [5.74, 6) is 0.262. The van der Waals surface area contributed by atoms with E-state index >= 15 is 0 Å². The summed E-state index contributed by atoms with van der Waals surface area (Å²) in [7, 11) is 0. The lowest BCUT2D eigenvalue weighted by molar-refractivity contribution is 0.102.